The molecule has 1 aromatic carbocycles. The summed E-state index contributed by atoms with van der Waals surface area (Å²) >= 11 is 9.60. The number of nitrogens with one attached hydrogen (secondary N) is 1. The Morgan fingerprint density at radius 1 is 1.29 bits per heavy atom. The number of hydrogen-bond donors (Lipinski definition) is 1. The van der Waals surface area contributed by atoms with Crippen molar-refractivity contribution in [3.63, 3.8) is 0 Å². The van der Waals surface area contributed by atoms with Crippen LogP contribution in [-0.2, 0) is 5.41 Å². The molecular weight excluding hydrogens is 261 g/mol. The lowest BCUT2D eigenvalue weighted by molar-refractivity contribution is 0.592. The zero-order chi connectivity index (χ0) is 10.9. The molecule has 3 heteroatoms. The quantitative estimate of drug-likeness (QED) is 0.799. The Hall–Kier alpha value is -0.210. The standard InChI is InChI=1S/C11H15BrClN/c1-11(2,3)8-5-7(12)6-9(13)10(8)14-4/h5-6,14H,1-4H3. The molecule has 0 radical (unpaired) electrons. The highest BCUT2D eigenvalue weighted by Crippen LogP contribution is 2.37. The fraction of sp³-hybridized carbons (Fsp3) is 0.455. The summed E-state index contributed by atoms with van der Waals surface area (Å²) in [6.07, 6.45) is 0. The average molecular weight is 277 g/mol. The van der Waals surface area contributed by atoms with E-state index in [9.17, 15) is 0 Å². The third kappa shape index (κ3) is 2.43. The van der Waals surface area contributed by atoms with E-state index in [1.807, 2.05) is 13.1 Å². The molecule has 0 atom stereocenters. The molecule has 0 aliphatic rings. The molecule has 14 heavy (non-hydrogen) atoms. The molecule has 0 aliphatic carbocycles. The molecule has 0 heterocycles. The van der Waals surface area contributed by atoms with Gasteiger partial charge >= 0.3 is 0 Å². The molecule has 78 valence electrons. The SMILES string of the molecule is CNc1c(Cl)cc(Br)cc1C(C)(C)C. The van der Waals surface area contributed by atoms with E-state index in [1.165, 1.54) is 5.56 Å². The van der Waals surface area contributed by atoms with Crippen LogP contribution >= 0.6 is 27.5 Å². The van der Waals surface area contributed by atoms with Crippen LogP contribution in [0.2, 0.25) is 5.02 Å². The normalized spacial score (nSPS) is 11.6. The Balaban J connectivity index is 3.40. The second-order valence-electron chi connectivity index (χ2n) is 4.31. The van der Waals surface area contributed by atoms with Crippen LogP contribution in [0.5, 0.6) is 0 Å². The Morgan fingerprint density at radius 2 is 1.86 bits per heavy atom. The van der Waals surface area contributed by atoms with Crippen molar-refractivity contribution in [3.8, 4) is 0 Å². The van der Waals surface area contributed by atoms with Gasteiger partial charge in [0.2, 0.25) is 0 Å². The third-order valence-corrected chi connectivity index (χ3v) is 2.87. The lowest BCUT2D eigenvalue weighted by atomic mass is 9.86. The van der Waals surface area contributed by atoms with Gasteiger partial charge in [-0.05, 0) is 23.1 Å². The van der Waals surface area contributed by atoms with Gasteiger partial charge in [-0.2, -0.15) is 0 Å². The van der Waals surface area contributed by atoms with E-state index in [4.69, 9.17) is 11.6 Å². The highest BCUT2D eigenvalue weighted by molar-refractivity contribution is 9.10. The summed E-state index contributed by atoms with van der Waals surface area (Å²) in [6, 6.07) is 4.01. The van der Waals surface area contributed by atoms with Crippen molar-refractivity contribution in [2.24, 2.45) is 0 Å². The van der Waals surface area contributed by atoms with E-state index in [2.05, 4.69) is 48.1 Å². The summed E-state index contributed by atoms with van der Waals surface area (Å²) in [5.74, 6) is 0. The van der Waals surface area contributed by atoms with Gasteiger partial charge in [0.1, 0.15) is 0 Å². The first-order valence-electron chi connectivity index (χ1n) is 4.53. The van der Waals surface area contributed by atoms with Gasteiger partial charge in [-0.15, -0.1) is 0 Å². The van der Waals surface area contributed by atoms with Crippen molar-refractivity contribution in [3.05, 3.63) is 27.2 Å². The first-order chi connectivity index (χ1) is 6.36. The summed E-state index contributed by atoms with van der Waals surface area (Å²) in [5, 5.41) is 3.90. The van der Waals surface area contributed by atoms with Gasteiger partial charge in [0, 0.05) is 11.5 Å². The Bertz CT molecular complexity index is 342. The number of hydrogen-bond acceptors (Lipinski definition) is 1. The van der Waals surface area contributed by atoms with Crippen molar-refractivity contribution in [1.29, 1.82) is 0 Å². The van der Waals surface area contributed by atoms with Gasteiger partial charge in [0.15, 0.2) is 0 Å². The summed E-state index contributed by atoms with van der Waals surface area (Å²) < 4.78 is 1.02. The fourth-order valence-electron chi connectivity index (χ4n) is 1.42. The molecule has 0 spiro atoms. The van der Waals surface area contributed by atoms with Crippen molar-refractivity contribution in [1.82, 2.24) is 0 Å². The summed E-state index contributed by atoms with van der Waals surface area (Å²) in [6.45, 7) is 6.52. The molecule has 0 bridgehead atoms. The predicted octanol–water partition coefficient (Wildman–Crippen LogP) is 4.44. The molecule has 0 saturated heterocycles. The highest BCUT2D eigenvalue weighted by atomic mass is 79.9. The van der Waals surface area contributed by atoms with Gasteiger partial charge in [0.25, 0.3) is 0 Å². The highest BCUT2D eigenvalue weighted by Gasteiger charge is 2.19. The lowest BCUT2D eigenvalue weighted by Gasteiger charge is -2.24. The van der Waals surface area contributed by atoms with Gasteiger partial charge < -0.3 is 5.32 Å². The number of anilines is 1. The molecule has 0 unspecified atom stereocenters. The van der Waals surface area contributed by atoms with Crippen LogP contribution in [0.25, 0.3) is 0 Å². The summed E-state index contributed by atoms with van der Waals surface area (Å²) in [4.78, 5) is 0. The van der Waals surface area contributed by atoms with Crippen LogP contribution in [-0.4, -0.2) is 7.05 Å². The van der Waals surface area contributed by atoms with Crippen molar-refractivity contribution < 1.29 is 0 Å². The van der Waals surface area contributed by atoms with Gasteiger partial charge in [-0.1, -0.05) is 48.3 Å². The molecule has 0 saturated carbocycles. The van der Waals surface area contributed by atoms with E-state index in [0.29, 0.717) is 0 Å². The van der Waals surface area contributed by atoms with Crippen molar-refractivity contribution in [2.45, 2.75) is 26.2 Å². The lowest BCUT2D eigenvalue weighted by Crippen LogP contribution is -2.14. The zero-order valence-corrected chi connectivity index (χ0v) is 11.3. The minimum atomic E-state index is 0.0891. The molecule has 1 rings (SSSR count). The van der Waals surface area contributed by atoms with Gasteiger partial charge in [-0.25, -0.2) is 0 Å². The van der Waals surface area contributed by atoms with Crippen molar-refractivity contribution >= 4 is 33.2 Å². The van der Waals surface area contributed by atoms with Gasteiger partial charge in [0.05, 0.1) is 10.7 Å². The average Bonchev–Trinajstić information content (AvgIpc) is 2.01. The maximum absolute atomic E-state index is 6.15. The largest absolute Gasteiger partial charge is 0.387 e. The summed E-state index contributed by atoms with van der Waals surface area (Å²) in [5.41, 5.74) is 2.33. The first kappa shape index (κ1) is 11.9. The maximum Gasteiger partial charge on any atom is 0.0651 e. The molecule has 0 amide bonds. The maximum atomic E-state index is 6.15. The topological polar surface area (TPSA) is 12.0 Å². The van der Waals surface area contributed by atoms with Crippen LogP contribution in [0.1, 0.15) is 26.3 Å². The van der Waals surface area contributed by atoms with Crippen LogP contribution < -0.4 is 5.32 Å². The third-order valence-electron chi connectivity index (χ3n) is 2.11. The molecular formula is C11H15BrClN. The van der Waals surface area contributed by atoms with Crippen LogP contribution in [0.3, 0.4) is 0 Å². The second-order valence-corrected chi connectivity index (χ2v) is 5.63. The summed E-state index contributed by atoms with van der Waals surface area (Å²) in [7, 11) is 1.89. The Labute approximate surface area is 99.0 Å². The Morgan fingerprint density at radius 3 is 2.29 bits per heavy atom. The molecule has 1 nitrogen and oxygen atoms in total. The monoisotopic (exact) mass is 275 g/mol. The smallest absolute Gasteiger partial charge is 0.0651 e. The number of rotatable bonds is 1. The minimum absolute atomic E-state index is 0.0891. The number of benzene rings is 1. The predicted molar refractivity (Wildman–Crippen MR) is 67.4 cm³/mol. The van der Waals surface area contributed by atoms with E-state index < -0.39 is 0 Å². The Kier molecular flexibility index (Phi) is 3.49. The van der Waals surface area contributed by atoms with Crippen molar-refractivity contribution in [2.75, 3.05) is 12.4 Å². The molecule has 1 aromatic rings. The van der Waals surface area contributed by atoms with Crippen LogP contribution in [0.4, 0.5) is 5.69 Å². The zero-order valence-electron chi connectivity index (χ0n) is 8.91. The first-order valence-corrected chi connectivity index (χ1v) is 5.70. The van der Waals surface area contributed by atoms with Gasteiger partial charge in [-0.3, -0.25) is 0 Å². The minimum Gasteiger partial charge on any atom is -0.387 e. The van der Waals surface area contributed by atoms with E-state index >= 15 is 0 Å². The second kappa shape index (κ2) is 4.11. The van der Waals surface area contributed by atoms with Crippen LogP contribution in [0.15, 0.2) is 16.6 Å². The fourth-order valence-corrected chi connectivity index (χ4v) is 2.32. The van der Waals surface area contributed by atoms with Crippen LogP contribution in [0, 0.1) is 0 Å². The molecule has 1 N–H and O–H groups in total. The van der Waals surface area contributed by atoms with E-state index in [1.54, 1.807) is 0 Å². The molecule has 0 fully saturated rings. The molecule has 0 aliphatic heterocycles. The van der Waals surface area contributed by atoms with E-state index in [-0.39, 0.29) is 5.41 Å². The van der Waals surface area contributed by atoms with E-state index in [0.717, 1.165) is 15.2 Å². The number of halogens is 2. The molecule has 0 aromatic heterocycles.